The summed E-state index contributed by atoms with van der Waals surface area (Å²) in [5, 5.41) is 7.60. The highest BCUT2D eigenvalue weighted by atomic mass is 79.9. The SMILES string of the molecule is CC1CN(C(=O)CCn2ccnn2)c2cc(Br)ccc2O1. The van der Waals surface area contributed by atoms with Gasteiger partial charge in [0.05, 0.1) is 25.0 Å². The predicted molar refractivity (Wildman–Crippen MR) is 81.2 cm³/mol. The first-order valence-corrected chi connectivity index (χ1v) is 7.53. The molecule has 1 aliphatic heterocycles. The molecule has 110 valence electrons. The van der Waals surface area contributed by atoms with Crippen molar-refractivity contribution in [3.8, 4) is 5.75 Å². The minimum absolute atomic E-state index is 0.0194. The van der Waals surface area contributed by atoms with Gasteiger partial charge in [0.15, 0.2) is 0 Å². The molecule has 0 fully saturated rings. The fraction of sp³-hybridized carbons (Fsp3) is 0.357. The first kappa shape index (κ1) is 14.1. The molecule has 7 heteroatoms. The molecule has 1 atom stereocenters. The van der Waals surface area contributed by atoms with Gasteiger partial charge in [-0.25, -0.2) is 0 Å². The Kier molecular flexibility index (Phi) is 3.92. The van der Waals surface area contributed by atoms with Crippen LogP contribution in [0.15, 0.2) is 35.1 Å². The van der Waals surface area contributed by atoms with Crippen molar-refractivity contribution < 1.29 is 9.53 Å². The first-order chi connectivity index (χ1) is 10.1. The van der Waals surface area contributed by atoms with Gasteiger partial charge in [0.25, 0.3) is 0 Å². The molecule has 1 aromatic heterocycles. The van der Waals surface area contributed by atoms with E-state index in [1.165, 1.54) is 0 Å². The Balaban J connectivity index is 1.78. The summed E-state index contributed by atoms with van der Waals surface area (Å²) in [5.41, 5.74) is 0.811. The number of hydrogen-bond acceptors (Lipinski definition) is 4. The first-order valence-electron chi connectivity index (χ1n) is 6.74. The number of rotatable bonds is 3. The van der Waals surface area contributed by atoms with Crippen LogP contribution in [0.4, 0.5) is 5.69 Å². The van der Waals surface area contributed by atoms with E-state index in [0.29, 0.717) is 19.5 Å². The summed E-state index contributed by atoms with van der Waals surface area (Å²) in [6, 6.07) is 5.70. The van der Waals surface area contributed by atoms with E-state index in [4.69, 9.17) is 4.74 Å². The Morgan fingerprint density at radius 3 is 3.14 bits per heavy atom. The molecule has 0 bridgehead atoms. The third-order valence-electron chi connectivity index (χ3n) is 3.31. The molecule has 1 amide bonds. The second-order valence-electron chi connectivity index (χ2n) is 4.96. The molecule has 2 aromatic rings. The van der Waals surface area contributed by atoms with E-state index >= 15 is 0 Å². The van der Waals surface area contributed by atoms with Crippen molar-refractivity contribution >= 4 is 27.5 Å². The lowest BCUT2D eigenvalue weighted by Crippen LogP contribution is -2.42. The number of benzene rings is 1. The van der Waals surface area contributed by atoms with Crippen molar-refractivity contribution in [3.05, 3.63) is 35.1 Å². The van der Waals surface area contributed by atoms with Crippen LogP contribution in [0.2, 0.25) is 0 Å². The van der Waals surface area contributed by atoms with Gasteiger partial charge in [0.2, 0.25) is 5.91 Å². The monoisotopic (exact) mass is 350 g/mol. The van der Waals surface area contributed by atoms with Crippen LogP contribution < -0.4 is 9.64 Å². The molecule has 0 saturated heterocycles. The zero-order valence-corrected chi connectivity index (χ0v) is 13.2. The summed E-state index contributed by atoms with van der Waals surface area (Å²) in [6.45, 7) is 3.04. The van der Waals surface area contributed by atoms with Gasteiger partial charge in [0, 0.05) is 17.1 Å². The smallest absolute Gasteiger partial charge is 0.229 e. The number of amides is 1. The molecule has 1 aliphatic rings. The summed E-state index contributed by atoms with van der Waals surface area (Å²) < 4.78 is 8.36. The Morgan fingerprint density at radius 2 is 2.38 bits per heavy atom. The number of carbonyl (C=O) groups is 1. The third kappa shape index (κ3) is 3.07. The summed E-state index contributed by atoms with van der Waals surface area (Å²) in [6.07, 6.45) is 3.71. The lowest BCUT2D eigenvalue weighted by Gasteiger charge is -2.33. The Morgan fingerprint density at radius 1 is 1.52 bits per heavy atom. The Labute approximate surface area is 130 Å². The van der Waals surface area contributed by atoms with Crippen molar-refractivity contribution in [2.75, 3.05) is 11.4 Å². The normalized spacial score (nSPS) is 17.2. The summed E-state index contributed by atoms with van der Waals surface area (Å²) in [5.74, 6) is 0.797. The molecule has 0 spiro atoms. The largest absolute Gasteiger partial charge is 0.487 e. The van der Waals surface area contributed by atoms with Crippen LogP contribution >= 0.6 is 15.9 Å². The molecular formula is C14H15BrN4O2. The molecule has 0 N–H and O–H groups in total. The number of aromatic nitrogens is 3. The minimum atomic E-state index is -0.0194. The second kappa shape index (κ2) is 5.85. The van der Waals surface area contributed by atoms with Gasteiger partial charge in [-0.3, -0.25) is 9.48 Å². The van der Waals surface area contributed by atoms with Crippen LogP contribution in [0, 0.1) is 0 Å². The lowest BCUT2D eigenvalue weighted by atomic mass is 10.2. The van der Waals surface area contributed by atoms with Gasteiger partial charge in [0.1, 0.15) is 11.9 Å². The average molecular weight is 351 g/mol. The number of anilines is 1. The highest BCUT2D eigenvalue weighted by molar-refractivity contribution is 9.10. The highest BCUT2D eigenvalue weighted by Gasteiger charge is 2.27. The number of carbonyl (C=O) groups excluding carboxylic acids is 1. The zero-order chi connectivity index (χ0) is 14.8. The van der Waals surface area contributed by atoms with Crippen molar-refractivity contribution in [3.63, 3.8) is 0 Å². The number of fused-ring (bicyclic) bond motifs is 1. The number of hydrogen-bond donors (Lipinski definition) is 0. The van der Waals surface area contributed by atoms with Gasteiger partial charge in [-0.15, -0.1) is 5.10 Å². The van der Waals surface area contributed by atoms with E-state index in [9.17, 15) is 4.79 Å². The van der Waals surface area contributed by atoms with Crippen molar-refractivity contribution in [2.45, 2.75) is 26.0 Å². The Bertz CT molecular complexity index is 644. The van der Waals surface area contributed by atoms with Crippen molar-refractivity contribution in [2.24, 2.45) is 0 Å². The number of aryl methyl sites for hydroxylation is 1. The van der Waals surface area contributed by atoms with E-state index in [1.54, 1.807) is 22.0 Å². The van der Waals surface area contributed by atoms with Crippen LogP contribution in [-0.4, -0.2) is 33.5 Å². The van der Waals surface area contributed by atoms with E-state index in [0.717, 1.165) is 15.9 Å². The molecule has 2 heterocycles. The molecule has 21 heavy (non-hydrogen) atoms. The van der Waals surface area contributed by atoms with Crippen LogP contribution in [0.5, 0.6) is 5.75 Å². The molecule has 0 saturated carbocycles. The minimum Gasteiger partial charge on any atom is -0.487 e. The summed E-state index contributed by atoms with van der Waals surface area (Å²) in [7, 11) is 0. The maximum atomic E-state index is 12.5. The number of nitrogens with zero attached hydrogens (tertiary/aromatic N) is 4. The average Bonchev–Trinajstić information content (AvgIpc) is 2.97. The van der Waals surface area contributed by atoms with Crippen LogP contribution in [0.1, 0.15) is 13.3 Å². The van der Waals surface area contributed by atoms with Gasteiger partial charge in [-0.1, -0.05) is 21.1 Å². The maximum absolute atomic E-state index is 12.5. The second-order valence-corrected chi connectivity index (χ2v) is 5.88. The van der Waals surface area contributed by atoms with E-state index in [2.05, 4.69) is 26.2 Å². The number of halogens is 1. The highest BCUT2D eigenvalue weighted by Crippen LogP contribution is 2.36. The van der Waals surface area contributed by atoms with Crippen LogP contribution in [0.3, 0.4) is 0 Å². The molecule has 6 nitrogen and oxygen atoms in total. The molecule has 1 aromatic carbocycles. The fourth-order valence-electron chi connectivity index (χ4n) is 2.34. The van der Waals surface area contributed by atoms with Gasteiger partial charge in [-0.05, 0) is 25.1 Å². The van der Waals surface area contributed by atoms with Gasteiger partial charge in [-0.2, -0.15) is 0 Å². The maximum Gasteiger partial charge on any atom is 0.229 e. The Hall–Kier alpha value is -1.89. The third-order valence-corrected chi connectivity index (χ3v) is 3.80. The molecule has 3 rings (SSSR count). The molecule has 0 radical (unpaired) electrons. The predicted octanol–water partition coefficient (Wildman–Crippen LogP) is 2.24. The van der Waals surface area contributed by atoms with Gasteiger partial charge < -0.3 is 9.64 Å². The summed E-state index contributed by atoms with van der Waals surface area (Å²) >= 11 is 3.44. The zero-order valence-electron chi connectivity index (χ0n) is 11.6. The topological polar surface area (TPSA) is 60.2 Å². The summed E-state index contributed by atoms with van der Waals surface area (Å²) in [4.78, 5) is 14.3. The van der Waals surface area contributed by atoms with Crippen molar-refractivity contribution in [1.29, 1.82) is 0 Å². The molecule has 1 unspecified atom stereocenters. The lowest BCUT2D eigenvalue weighted by molar-refractivity contribution is -0.119. The molecule has 0 aliphatic carbocycles. The fourth-order valence-corrected chi connectivity index (χ4v) is 2.69. The van der Waals surface area contributed by atoms with Crippen LogP contribution in [0.25, 0.3) is 0 Å². The van der Waals surface area contributed by atoms with Crippen molar-refractivity contribution in [1.82, 2.24) is 15.0 Å². The van der Waals surface area contributed by atoms with Gasteiger partial charge >= 0.3 is 0 Å². The standard InChI is InChI=1S/C14H15BrN4O2/c1-10-9-19(12-8-11(15)2-3-13(12)21-10)14(20)4-6-18-7-5-16-17-18/h2-3,5,7-8,10H,4,6,9H2,1H3. The van der Waals surface area contributed by atoms with E-state index in [1.807, 2.05) is 25.1 Å². The molecular weight excluding hydrogens is 336 g/mol. The quantitative estimate of drug-likeness (QED) is 0.851. The van der Waals surface area contributed by atoms with Crippen LogP contribution in [-0.2, 0) is 11.3 Å². The van der Waals surface area contributed by atoms with E-state index in [-0.39, 0.29) is 12.0 Å². The van der Waals surface area contributed by atoms with E-state index < -0.39 is 0 Å². The number of ether oxygens (including phenoxy) is 1.